The molecule has 0 fully saturated rings. The summed E-state index contributed by atoms with van der Waals surface area (Å²) in [4.78, 5) is 4.64. The Kier molecular flexibility index (Phi) is 2.98. The second-order valence-electron chi connectivity index (χ2n) is 1.93. The van der Waals surface area contributed by atoms with Crippen molar-refractivity contribution < 1.29 is 4.39 Å². The second kappa shape index (κ2) is 4.03. The zero-order valence-corrected chi connectivity index (χ0v) is 6.94. The van der Waals surface area contributed by atoms with Crippen molar-refractivity contribution in [3.8, 4) is 0 Å². The van der Waals surface area contributed by atoms with Gasteiger partial charge in [0.25, 0.3) is 0 Å². The van der Waals surface area contributed by atoms with Crippen LogP contribution in [0.3, 0.4) is 0 Å². The summed E-state index contributed by atoms with van der Waals surface area (Å²) in [6.45, 7) is 0. The number of rotatable bonds is 2. The van der Waals surface area contributed by atoms with Crippen LogP contribution in [0.15, 0.2) is 28.8 Å². The Morgan fingerprint density at radius 2 is 2.55 bits per heavy atom. The van der Waals surface area contributed by atoms with Crippen LogP contribution in [-0.4, -0.2) is 13.3 Å². The van der Waals surface area contributed by atoms with Crippen molar-refractivity contribution in [2.75, 3.05) is 7.05 Å². The van der Waals surface area contributed by atoms with Gasteiger partial charge in [-0.05, 0) is 11.4 Å². The van der Waals surface area contributed by atoms with E-state index in [4.69, 9.17) is 0 Å². The van der Waals surface area contributed by atoms with Crippen LogP contribution < -0.4 is 0 Å². The van der Waals surface area contributed by atoms with Crippen molar-refractivity contribution in [1.29, 1.82) is 0 Å². The number of aliphatic imine (C=N–C) groups is 1. The Labute approximate surface area is 68.9 Å². The van der Waals surface area contributed by atoms with Gasteiger partial charge in [-0.15, -0.1) is 11.3 Å². The number of hydrogen-bond donors (Lipinski definition) is 0. The summed E-state index contributed by atoms with van der Waals surface area (Å²) in [7, 11) is 1.62. The number of thiophene rings is 1. The van der Waals surface area contributed by atoms with E-state index in [0.717, 1.165) is 4.88 Å². The first kappa shape index (κ1) is 8.14. The van der Waals surface area contributed by atoms with Crippen LogP contribution >= 0.6 is 11.3 Å². The van der Waals surface area contributed by atoms with Gasteiger partial charge in [0, 0.05) is 23.7 Å². The number of hydrogen-bond acceptors (Lipinski definition) is 2. The second-order valence-corrected chi connectivity index (χ2v) is 2.88. The van der Waals surface area contributed by atoms with E-state index in [1.807, 2.05) is 17.5 Å². The molecule has 0 aromatic carbocycles. The van der Waals surface area contributed by atoms with Crippen molar-refractivity contribution in [1.82, 2.24) is 0 Å². The van der Waals surface area contributed by atoms with Crippen molar-refractivity contribution in [3.63, 3.8) is 0 Å². The fraction of sp³-hybridized carbons (Fsp3) is 0.125. The van der Waals surface area contributed by atoms with Crippen LogP contribution in [0.1, 0.15) is 4.88 Å². The molecule has 0 bridgehead atoms. The lowest BCUT2D eigenvalue weighted by Gasteiger charge is -1.91. The number of halogens is 1. The lowest BCUT2D eigenvalue weighted by Crippen LogP contribution is -1.78. The topological polar surface area (TPSA) is 12.4 Å². The smallest absolute Gasteiger partial charge is 0.0968 e. The number of nitrogens with zero attached hydrogens (tertiary/aromatic N) is 1. The lowest BCUT2D eigenvalue weighted by molar-refractivity contribution is 0.726. The molecule has 0 spiro atoms. The van der Waals surface area contributed by atoms with Crippen LogP contribution in [0.2, 0.25) is 0 Å². The van der Waals surface area contributed by atoms with E-state index in [0.29, 0.717) is 11.9 Å². The molecule has 0 saturated carbocycles. The number of allylic oxidation sites excluding steroid dienone is 1. The standard InChI is InChI=1S/C8H8FNS/c1-10-6-7(5-9)8-3-2-4-11-8/h2-6H,1H3. The highest BCUT2D eigenvalue weighted by atomic mass is 32.1. The fourth-order valence-electron chi connectivity index (χ4n) is 0.727. The largest absolute Gasteiger partial charge is 0.296 e. The monoisotopic (exact) mass is 169 g/mol. The zero-order valence-electron chi connectivity index (χ0n) is 6.12. The quantitative estimate of drug-likeness (QED) is 0.604. The molecule has 0 atom stereocenters. The Bertz CT molecular complexity index is 262. The molecule has 1 rings (SSSR count). The molecule has 1 aromatic heterocycles. The molecule has 1 aromatic rings. The van der Waals surface area contributed by atoms with Gasteiger partial charge in [-0.2, -0.15) is 0 Å². The van der Waals surface area contributed by atoms with Gasteiger partial charge in [0.05, 0.1) is 6.33 Å². The van der Waals surface area contributed by atoms with E-state index in [1.54, 1.807) is 7.05 Å². The molecule has 0 amide bonds. The first-order valence-electron chi connectivity index (χ1n) is 3.15. The van der Waals surface area contributed by atoms with Crippen molar-refractivity contribution in [3.05, 3.63) is 28.7 Å². The summed E-state index contributed by atoms with van der Waals surface area (Å²) in [6.07, 6.45) is 2.07. The van der Waals surface area contributed by atoms with Gasteiger partial charge in [0.2, 0.25) is 0 Å². The summed E-state index contributed by atoms with van der Waals surface area (Å²) < 4.78 is 12.2. The fourth-order valence-corrected chi connectivity index (χ4v) is 1.42. The molecule has 1 heterocycles. The zero-order chi connectivity index (χ0) is 8.10. The Balaban J connectivity index is 2.89. The van der Waals surface area contributed by atoms with Crippen LogP contribution in [0.25, 0.3) is 5.57 Å². The average Bonchev–Trinajstić information content (AvgIpc) is 2.52. The van der Waals surface area contributed by atoms with E-state index in [1.165, 1.54) is 17.6 Å². The van der Waals surface area contributed by atoms with E-state index < -0.39 is 0 Å². The summed E-state index contributed by atoms with van der Waals surface area (Å²) in [5.41, 5.74) is 0.530. The molecule has 0 saturated heterocycles. The Morgan fingerprint density at radius 3 is 3.00 bits per heavy atom. The first-order chi connectivity index (χ1) is 5.38. The van der Waals surface area contributed by atoms with Crippen LogP contribution in [0, 0.1) is 0 Å². The van der Waals surface area contributed by atoms with E-state index in [-0.39, 0.29) is 0 Å². The van der Waals surface area contributed by atoms with Crippen molar-refractivity contribution in [2.24, 2.45) is 4.99 Å². The maximum atomic E-state index is 12.2. The van der Waals surface area contributed by atoms with Gasteiger partial charge in [-0.25, -0.2) is 4.39 Å². The maximum absolute atomic E-state index is 12.2. The molecule has 0 radical (unpaired) electrons. The van der Waals surface area contributed by atoms with Gasteiger partial charge >= 0.3 is 0 Å². The molecule has 0 unspecified atom stereocenters. The predicted octanol–water partition coefficient (Wildman–Crippen LogP) is 2.76. The first-order valence-corrected chi connectivity index (χ1v) is 4.03. The molecule has 58 valence electrons. The lowest BCUT2D eigenvalue weighted by atomic mass is 10.3. The Morgan fingerprint density at radius 1 is 1.73 bits per heavy atom. The summed E-state index contributed by atoms with van der Waals surface area (Å²) in [5, 5.41) is 1.91. The van der Waals surface area contributed by atoms with E-state index >= 15 is 0 Å². The van der Waals surface area contributed by atoms with Gasteiger partial charge in [0.15, 0.2) is 0 Å². The third kappa shape index (κ3) is 1.98. The highest BCUT2D eigenvalue weighted by Gasteiger charge is 1.97. The van der Waals surface area contributed by atoms with Crippen LogP contribution in [0.4, 0.5) is 4.39 Å². The summed E-state index contributed by atoms with van der Waals surface area (Å²) in [6, 6.07) is 3.74. The predicted molar refractivity (Wildman–Crippen MR) is 47.8 cm³/mol. The maximum Gasteiger partial charge on any atom is 0.0968 e. The molecule has 0 aliphatic rings. The average molecular weight is 169 g/mol. The molecular formula is C8H8FNS. The summed E-state index contributed by atoms with van der Waals surface area (Å²) >= 11 is 1.50. The molecule has 11 heavy (non-hydrogen) atoms. The minimum Gasteiger partial charge on any atom is -0.296 e. The van der Waals surface area contributed by atoms with Gasteiger partial charge in [-0.3, -0.25) is 4.99 Å². The minimum absolute atomic E-state index is 0.530. The minimum atomic E-state index is 0.530. The molecule has 3 heteroatoms. The highest BCUT2D eigenvalue weighted by molar-refractivity contribution is 7.11. The SMILES string of the molecule is CN=CC(=CF)c1cccs1. The molecule has 1 nitrogen and oxygen atoms in total. The van der Waals surface area contributed by atoms with E-state index in [9.17, 15) is 4.39 Å². The van der Waals surface area contributed by atoms with Gasteiger partial charge in [0.1, 0.15) is 0 Å². The highest BCUT2D eigenvalue weighted by Crippen LogP contribution is 2.18. The molecule has 0 aliphatic carbocycles. The third-order valence-electron chi connectivity index (χ3n) is 1.19. The Hall–Kier alpha value is -0.960. The van der Waals surface area contributed by atoms with Crippen LogP contribution in [0.5, 0.6) is 0 Å². The summed E-state index contributed by atoms with van der Waals surface area (Å²) in [5.74, 6) is 0. The van der Waals surface area contributed by atoms with Gasteiger partial charge < -0.3 is 0 Å². The van der Waals surface area contributed by atoms with Crippen LogP contribution in [-0.2, 0) is 0 Å². The normalized spacial score (nSPS) is 12.7. The molecule has 0 N–H and O–H groups in total. The van der Waals surface area contributed by atoms with Crippen molar-refractivity contribution in [2.45, 2.75) is 0 Å². The van der Waals surface area contributed by atoms with Crippen molar-refractivity contribution >= 4 is 23.1 Å². The molecular weight excluding hydrogens is 161 g/mol. The molecule has 0 aliphatic heterocycles. The third-order valence-corrected chi connectivity index (χ3v) is 2.11. The van der Waals surface area contributed by atoms with E-state index in [2.05, 4.69) is 4.99 Å². The van der Waals surface area contributed by atoms with Gasteiger partial charge in [-0.1, -0.05) is 6.07 Å².